The molecule has 2 saturated heterocycles. The van der Waals surface area contributed by atoms with Crippen LogP contribution in [0.4, 0.5) is 0 Å². The summed E-state index contributed by atoms with van der Waals surface area (Å²) in [7, 11) is -3.95. The van der Waals surface area contributed by atoms with Crippen molar-refractivity contribution in [1.29, 1.82) is 0 Å². The highest BCUT2D eigenvalue weighted by Gasteiger charge is 2.50. The molecule has 4 aromatic rings. The maximum absolute atomic E-state index is 13.6. The van der Waals surface area contributed by atoms with Crippen molar-refractivity contribution >= 4 is 15.9 Å². The van der Waals surface area contributed by atoms with Crippen LogP contribution in [-0.2, 0) is 43.9 Å². The van der Waals surface area contributed by atoms with Crippen LogP contribution in [0.2, 0.25) is 0 Å². The van der Waals surface area contributed by atoms with E-state index in [4.69, 9.17) is 9.47 Å². The molecular formula is C45H55N3O6S. The first-order valence-corrected chi connectivity index (χ1v) is 21.0. The van der Waals surface area contributed by atoms with Crippen molar-refractivity contribution in [3.05, 3.63) is 137 Å². The molecule has 2 bridgehead atoms. The van der Waals surface area contributed by atoms with E-state index in [-0.39, 0.29) is 36.7 Å². The molecule has 10 heteroatoms. The lowest BCUT2D eigenvalue weighted by Crippen LogP contribution is -2.47. The first-order chi connectivity index (χ1) is 26.3. The van der Waals surface area contributed by atoms with E-state index in [1.54, 1.807) is 24.3 Å². The number of carbonyl (C=O) groups excluding carboxylic acids is 1. The largest absolute Gasteiger partial charge is 0.392 e. The number of benzene rings is 4. The molecule has 2 heterocycles. The molecule has 7 rings (SSSR count). The quantitative estimate of drug-likeness (QED) is 0.133. The van der Waals surface area contributed by atoms with Crippen LogP contribution in [0, 0.1) is 17.8 Å². The van der Waals surface area contributed by atoms with Gasteiger partial charge in [-0.1, -0.05) is 117 Å². The molecule has 9 nitrogen and oxygen atoms in total. The molecule has 0 aromatic heterocycles. The number of rotatable bonds is 13. The number of aliphatic hydroxyl groups is 1. The van der Waals surface area contributed by atoms with Crippen LogP contribution < -0.4 is 10.0 Å². The van der Waals surface area contributed by atoms with E-state index in [2.05, 4.69) is 35.7 Å². The fraction of sp³-hybridized carbons (Fsp3) is 0.444. The van der Waals surface area contributed by atoms with Gasteiger partial charge in [-0.05, 0) is 77.8 Å². The van der Waals surface area contributed by atoms with Gasteiger partial charge in [0.15, 0.2) is 6.29 Å². The summed E-state index contributed by atoms with van der Waals surface area (Å²) < 4.78 is 42.7. The third kappa shape index (κ3) is 9.74. The van der Waals surface area contributed by atoms with Gasteiger partial charge in [-0.15, -0.1) is 0 Å². The predicted octanol–water partition coefficient (Wildman–Crippen LogP) is 7.14. The van der Waals surface area contributed by atoms with Crippen LogP contribution in [0.15, 0.2) is 108 Å². The standard InChI is InChI=1S/C45H55N3O6S/c1-31-10-20-39(21-11-31)55(51,52)47-40(22-32-8-6-5-7-9-32)42(50)46-26-33-12-18-36(19-13-33)43-53-38(23-41(54-43)35-16-14-34(28-49)15-17-35)27-48-30-45(4)25-37(48)24-44(2,3)29-45/h5-21,37-38,40-41,43,47,49H,22-30H2,1-4H3,(H,46,50)/t37?,38-,40-,41+,43+,45?/m1/s1. The molecule has 6 atom stereocenters. The number of amides is 1. The molecular weight excluding hydrogens is 711 g/mol. The maximum atomic E-state index is 13.6. The van der Waals surface area contributed by atoms with Crippen molar-refractivity contribution in [2.45, 2.75) is 108 Å². The third-order valence-corrected chi connectivity index (χ3v) is 13.0. The summed E-state index contributed by atoms with van der Waals surface area (Å²) >= 11 is 0. The number of aryl methyl sites for hydroxylation is 1. The summed E-state index contributed by atoms with van der Waals surface area (Å²) in [6, 6.07) is 31.3. The zero-order valence-corrected chi connectivity index (χ0v) is 33.2. The lowest BCUT2D eigenvalue weighted by Gasteiger charge is -2.41. The molecule has 2 unspecified atom stereocenters. The number of nitrogens with one attached hydrogen (secondary N) is 2. The monoisotopic (exact) mass is 765 g/mol. The molecule has 0 radical (unpaired) electrons. The second-order valence-corrected chi connectivity index (χ2v) is 18.8. The number of hydrogen-bond acceptors (Lipinski definition) is 7. The van der Waals surface area contributed by atoms with E-state index < -0.39 is 28.3 Å². The van der Waals surface area contributed by atoms with E-state index in [0.717, 1.165) is 52.9 Å². The number of fused-ring (bicyclic) bond motifs is 2. The smallest absolute Gasteiger partial charge is 0.241 e. The maximum Gasteiger partial charge on any atom is 0.241 e. The minimum absolute atomic E-state index is 0.00481. The summed E-state index contributed by atoms with van der Waals surface area (Å²) in [5, 5.41) is 12.6. The molecule has 2 aliphatic heterocycles. The van der Waals surface area contributed by atoms with Gasteiger partial charge in [0, 0.05) is 37.7 Å². The number of carbonyl (C=O) groups is 1. The van der Waals surface area contributed by atoms with Gasteiger partial charge in [0.2, 0.25) is 15.9 Å². The molecule has 0 spiro atoms. The van der Waals surface area contributed by atoms with Gasteiger partial charge in [-0.25, -0.2) is 8.42 Å². The van der Waals surface area contributed by atoms with Crippen molar-refractivity contribution < 1.29 is 27.8 Å². The molecule has 3 N–H and O–H groups in total. The molecule has 3 aliphatic rings. The molecule has 292 valence electrons. The van der Waals surface area contributed by atoms with E-state index in [0.29, 0.717) is 16.9 Å². The SMILES string of the molecule is Cc1ccc(S(=O)(=O)N[C@H](Cc2ccccc2)C(=O)NCc2ccc([C@H]3O[C@@H](CN4CC5(C)CC4CC(C)(C)C5)C[C@@H](c4ccc(CO)cc4)O3)cc2)cc1. The van der Waals surface area contributed by atoms with Crippen LogP contribution in [0.5, 0.6) is 0 Å². The van der Waals surface area contributed by atoms with Crippen molar-refractivity contribution in [2.24, 2.45) is 10.8 Å². The Morgan fingerprint density at radius 3 is 2.22 bits per heavy atom. The predicted molar refractivity (Wildman–Crippen MR) is 213 cm³/mol. The molecule has 3 fully saturated rings. The van der Waals surface area contributed by atoms with E-state index in [1.807, 2.05) is 85.8 Å². The van der Waals surface area contributed by atoms with Gasteiger partial charge < -0.3 is 19.9 Å². The Labute approximate surface area is 326 Å². The average molecular weight is 766 g/mol. The highest BCUT2D eigenvalue weighted by Crippen LogP contribution is 2.53. The minimum atomic E-state index is -3.95. The van der Waals surface area contributed by atoms with Crippen LogP contribution in [0.3, 0.4) is 0 Å². The van der Waals surface area contributed by atoms with Gasteiger partial charge in [0.25, 0.3) is 0 Å². The average Bonchev–Trinajstić information content (AvgIpc) is 3.40. The van der Waals surface area contributed by atoms with Crippen LogP contribution in [0.1, 0.15) is 92.2 Å². The number of nitrogens with zero attached hydrogens (tertiary/aromatic N) is 1. The Hall–Kier alpha value is -3.90. The Kier molecular flexibility index (Phi) is 11.7. The normalized spacial score (nSPS) is 25.7. The van der Waals surface area contributed by atoms with Crippen molar-refractivity contribution in [3.63, 3.8) is 0 Å². The molecule has 1 saturated carbocycles. The number of ether oxygens (including phenoxy) is 2. The van der Waals surface area contributed by atoms with Gasteiger partial charge in [-0.2, -0.15) is 4.72 Å². The first kappa shape index (κ1) is 39.3. The fourth-order valence-electron chi connectivity index (χ4n) is 9.20. The summed E-state index contributed by atoms with van der Waals surface area (Å²) in [4.78, 5) is 16.4. The van der Waals surface area contributed by atoms with Crippen molar-refractivity contribution in [3.8, 4) is 0 Å². The number of hydrogen-bond donors (Lipinski definition) is 3. The summed E-state index contributed by atoms with van der Waals surface area (Å²) in [5.74, 6) is -0.413. The number of likely N-dealkylation sites (tertiary alicyclic amines) is 1. The van der Waals surface area contributed by atoms with E-state index in [9.17, 15) is 18.3 Å². The van der Waals surface area contributed by atoms with Gasteiger partial charge in [-0.3, -0.25) is 9.69 Å². The second kappa shape index (κ2) is 16.3. The minimum Gasteiger partial charge on any atom is -0.392 e. The van der Waals surface area contributed by atoms with Crippen molar-refractivity contribution in [2.75, 3.05) is 13.1 Å². The van der Waals surface area contributed by atoms with Crippen LogP contribution in [0.25, 0.3) is 0 Å². The zero-order valence-electron chi connectivity index (χ0n) is 32.4. The molecule has 4 aromatic carbocycles. The Morgan fingerprint density at radius 2 is 1.53 bits per heavy atom. The summed E-state index contributed by atoms with van der Waals surface area (Å²) in [5.41, 5.74) is 6.13. The van der Waals surface area contributed by atoms with E-state index in [1.165, 1.54) is 19.3 Å². The van der Waals surface area contributed by atoms with E-state index >= 15 is 0 Å². The van der Waals surface area contributed by atoms with Gasteiger partial charge in [0.05, 0.1) is 23.7 Å². The first-order valence-electron chi connectivity index (χ1n) is 19.5. The highest BCUT2D eigenvalue weighted by molar-refractivity contribution is 7.89. The lowest BCUT2D eigenvalue weighted by molar-refractivity contribution is -0.253. The highest BCUT2D eigenvalue weighted by atomic mass is 32.2. The van der Waals surface area contributed by atoms with Crippen LogP contribution >= 0.6 is 0 Å². The molecule has 1 aliphatic carbocycles. The second-order valence-electron chi connectivity index (χ2n) is 17.1. The van der Waals surface area contributed by atoms with Crippen molar-refractivity contribution in [1.82, 2.24) is 14.9 Å². The summed E-state index contributed by atoms with van der Waals surface area (Å²) in [6.07, 6.45) is 3.83. The molecule has 1 amide bonds. The van der Waals surface area contributed by atoms with Crippen LogP contribution in [-0.4, -0.2) is 55.6 Å². The lowest BCUT2D eigenvalue weighted by atomic mass is 9.65. The zero-order chi connectivity index (χ0) is 38.8. The number of aliphatic hydroxyl groups excluding tert-OH is 1. The Bertz CT molecular complexity index is 2020. The topological polar surface area (TPSA) is 117 Å². The third-order valence-electron chi connectivity index (χ3n) is 11.5. The fourth-order valence-corrected chi connectivity index (χ4v) is 10.4. The summed E-state index contributed by atoms with van der Waals surface area (Å²) in [6.45, 7) is 11.3. The van der Waals surface area contributed by atoms with Gasteiger partial charge >= 0.3 is 0 Å². The Balaban J connectivity index is 1.04. The van der Waals surface area contributed by atoms with Gasteiger partial charge in [0.1, 0.15) is 6.04 Å². The molecule has 55 heavy (non-hydrogen) atoms. The number of sulfonamides is 1. The Morgan fingerprint density at radius 1 is 0.855 bits per heavy atom.